The van der Waals surface area contributed by atoms with Crippen LogP contribution in [0.2, 0.25) is 0 Å². The van der Waals surface area contributed by atoms with Gasteiger partial charge in [-0.3, -0.25) is 4.79 Å². The van der Waals surface area contributed by atoms with Gasteiger partial charge in [-0.25, -0.2) is 0 Å². The first-order valence-corrected chi connectivity index (χ1v) is 6.49. The van der Waals surface area contributed by atoms with Crippen LogP contribution in [-0.2, 0) is 4.79 Å². The number of carbonyl (C=O) groups excluding carboxylic acids is 1. The van der Waals surface area contributed by atoms with Gasteiger partial charge in [-0.15, -0.1) is 0 Å². The first-order chi connectivity index (χ1) is 7.83. The normalized spacial score (nSPS) is 19.8. The largest absolute Gasteiger partial charge is 0.391 e. The summed E-state index contributed by atoms with van der Waals surface area (Å²) in [4.78, 5) is 11.9. The number of nitrogens with two attached hydrogens (primary N) is 1. The van der Waals surface area contributed by atoms with E-state index in [1.807, 2.05) is 0 Å². The highest BCUT2D eigenvalue weighted by molar-refractivity contribution is 5.78. The molecule has 0 saturated heterocycles. The molecule has 1 rings (SSSR count). The van der Waals surface area contributed by atoms with Gasteiger partial charge >= 0.3 is 0 Å². The van der Waals surface area contributed by atoms with Crippen molar-refractivity contribution < 1.29 is 9.90 Å². The first kappa shape index (κ1) is 14.5. The van der Waals surface area contributed by atoms with Crippen LogP contribution in [0.5, 0.6) is 0 Å². The molecule has 0 bridgehead atoms. The maximum Gasteiger partial charge on any atom is 0.224 e. The van der Waals surface area contributed by atoms with Crippen LogP contribution in [-0.4, -0.2) is 30.2 Å². The highest BCUT2D eigenvalue weighted by Gasteiger charge is 2.30. The summed E-state index contributed by atoms with van der Waals surface area (Å²) in [5, 5.41) is 12.5. The van der Waals surface area contributed by atoms with Crippen LogP contribution in [0, 0.1) is 17.3 Å². The molecule has 4 nitrogen and oxygen atoms in total. The van der Waals surface area contributed by atoms with Gasteiger partial charge in [0.25, 0.3) is 0 Å². The molecule has 100 valence electrons. The number of amides is 1. The SMILES string of the molecule is CC(C)(C)CC(CN)C(=O)NCC(O)C1CC1. The van der Waals surface area contributed by atoms with Crippen molar-refractivity contribution >= 4 is 5.91 Å². The molecule has 1 aliphatic carbocycles. The Bertz CT molecular complexity index is 257. The second-order valence-electron chi connectivity index (χ2n) is 6.35. The molecule has 1 fully saturated rings. The molecule has 0 aromatic carbocycles. The average Bonchev–Trinajstić information content (AvgIpc) is 3.04. The third-order valence-corrected chi connectivity index (χ3v) is 3.17. The summed E-state index contributed by atoms with van der Waals surface area (Å²) in [5.74, 6) is 0.220. The van der Waals surface area contributed by atoms with Crippen LogP contribution in [0.15, 0.2) is 0 Å². The third kappa shape index (κ3) is 5.50. The zero-order valence-electron chi connectivity index (χ0n) is 11.2. The average molecular weight is 242 g/mol. The Morgan fingerprint density at radius 2 is 2.06 bits per heavy atom. The van der Waals surface area contributed by atoms with Gasteiger partial charge in [0.1, 0.15) is 0 Å². The monoisotopic (exact) mass is 242 g/mol. The van der Waals surface area contributed by atoms with Crippen molar-refractivity contribution in [1.29, 1.82) is 0 Å². The molecule has 17 heavy (non-hydrogen) atoms. The van der Waals surface area contributed by atoms with Crippen molar-refractivity contribution in [3.63, 3.8) is 0 Å². The molecule has 0 heterocycles. The van der Waals surface area contributed by atoms with E-state index in [2.05, 4.69) is 26.1 Å². The van der Waals surface area contributed by atoms with Crippen LogP contribution in [0.25, 0.3) is 0 Å². The minimum absolute atomic E-state index is 0.0258. The molecule has 2 unspecified atom stereocenters. The molecule has 2 atom stereocenters. The summed E-state index contributed by atoms with van der Waals surface area (Å²) in [6.07, 6.45) is 2.56. The quantitative estimate of drug-likeness (QED) is 0.647. The van der Waals surface area contributed by atoms with Crippen LogP contribution >= 0.6 is 0 Å². The van der Waals surface area contributed by atoms with Gasteiger partial charge in [-0.05, 0) is 30.6 Å². The summed E-state index contributed by atoms with van der Waals surface area (Å²) in [6, 6.07) is 0. The van der Waals surface area contributed by atoms with Crippen LogP contribution < -0.4 is 11.1 Å². The molecule has 1 saturated carbocycles. The van der Waals surface area contributed by atoms with E-state index in [1.165, 1.54) is 0 Å². The van der Waals surface area contributed by atoms with Crippen molar-refractivity contribution in [2.75, 3.05) is 13.1 Å². The second-order valence-corrected chi connectivity index (χ2v) is 6.35. The Kier molecular flexibility index (Phi) is 4.95. The van der Waals surface area contributed by atoms with Gasteiger partial charge in [-0.2, -0.15) is 0 Å². The number of aliphatic hydroxyl groups excluding tert-OH is 1. The number of hydrogen-bond donors (Lipinski definition) is 3. The summed E-state index contributed by atoms with van der Waals surface area (Å²) in [5.41, 5.74) is 5.73. The Hall–Kier alpha value is -0.610. The van der Waals surface area contributed by atoms with Crippen LogP contribution in [0.4, 0.5) is 0 Å². The Balaban J connectivity index is 2.32. The Morgan fingerprint density at radius 1 is 1.47 bits per heavy atom. The van der Waals surface area contributed by atoms with Gasteiger partial charge in [0.05, 0.1) is 12.0 Å². The lowest BCUT2D eigenvalue weighted by molar-refractivity contribution is -0.126. The zero-order chi connectivity index (χ0) is 13.1. The minimum Gasteiger partial charge on any atom is -0.391 e. The molecule has 0 aromatic rings. The molecule has 1 aliphatic rings. The molecule has 0 aromatic heterocycles. The molecule has 0 spiro atoms. The Morgan fingerprint density at radius 3 is 2.47 bits per heavy atom. The highest BCUT2D eigenvalue weighted by Crippen LogP contribution is 2.32. The summed E-state index contributed by atoms with van der Waals surface area (Å²) in [6.45, 7) is 7.03. The van der Waals surface area contributed by atoms with Gasteiger partial charge in [0.2, 0.25) is 5.91 Å². The van der Waals surface area contributed by atoms with E-state index < -0.39 is 0 Å². The van der Waals surface area contributed by atoms with Crippen molar-refractivity contribution in [2.45, 2.75) is 46.1 Å². The molecule has 1 amide bonds. The van der Waals surface area contributed by atoms with E-state index in [9.17, 15) is 9.90 Å². The second kappa shape index (κ2) is 5.83. The smallest absolute Gasteiger partial charge is 0.224 e. The van der Waals surface area contributed by atoms with E-state index in [-0.39, 0.29) is 23.3 Å². The summed E-state index contributed by atoms with van der Waals surface area (Å²) >= 11 is 0. The zero-order valence-corrected chi connectivity index (χ0v) is 11.2. The van der Waals surface area contributed by atoms with Gasteiger partial charge in [-0.1, -0.05) is 20.8 Å². The number of hydrogen-bond acceptors (Lipinski definition) is 3. The number of rotatable bonds is 6. The van der Waals surface area contributed by atoms with Crippen molar-refractivity contribution in [3.8, 4) is 0 Å². The topological polar surface area (TPSA) is 75.4 Å². The standard InChI is InChI=1S/C13H26N2O2/c1-13(2,3)6-10(7-14)12(17)15-8-11(16)9-4-5-9/h9-11,16H,4-8,14H2,1-3H3,(H,15,17). The van der Waals surface area contributed by atoms with Gasteiger partial charge in [0, 0.05) is 13.1 Å². The molecule has 0 radical (unpaired) electrons. The van der Waals surface area contributed by atoms with Crippen molar-refractivity contribution in [3.05, 3.63) is 0 Å². The fraction of sp³-hybridized carbons (Fsp3) is 0.923. The van der Waals surface area contributed by atoms with Gasteiger partial charge < -0.3 is 16.2 Å². The molecule has 0 aliphatic heterocycles. The van der Waals surface area contributed by atoms with E-state index in [1.54, 1.807) is 0 Å². The van der Waals surface area contributed by atoms with Crippen molar-refractivity contribution in [2.24, 2.45) is 23.0 Å². The van der Waals surface area contributed by atoms with E-state index >= 15 is 0 Å². The fourth-order valence-corrected chi connectivity index (χ4v) is 2.02. The number of nitrogens with one attached hydrogen (secondary N) is 1. The predicted octanol–water partition coefficient (Wildman–Crippen LogP) is 0.885. The number of aliphatic hydroxyl groups is 1. The molecular formula is C13H26N2O2. The van der Waals surface area contributed by atoms with Crippen LogP contribution in [0.1, 0.15) is 40.0 Å². The fourth-order valence-electron chi connectivity index (χ4n) is 2.02. The molecule has 4 heteroatoms. The highest BCUT2D eigenvalue weighted by atomic mass is 16.3. The summed E-state index contributed by atoms with van der Waals surface area (Å²) in [7, 11) is 0. The van der Waals surface area contributed by atoms with Gasteiger partial charge in [0.15, 0.2) is 0 Å². The lowest BCUT2D eigenvalue weighted by Gasteiger charge is -2.24. The minimum atomic E-state index is -0.382. The maximum atomic E-state index is 11.9. The number of carbonyl (C=O) groups is 1. The molecular weight excluding hydrogens is 216 g/mol. The van der Waals surface area contributed by atoms with Crippen molar-refractivity contribution in [1.82, 2.24) is 5.32 Å². The summed E-state index contributed by atoms with van der Waals surface area (Å²) < 4.78 is 0. The third-order valence-electron chi connectivity index (χ3n) is 3.17. The lowest BCUT2D eigenvalue weighted by atomic mass is 9.84. The van der Waals surface area contributed by atoms with E-state index in [0.717, 1.165) is 19.3 Å². The maximum absolute atomic E-state index is 11.9. The first-order valence-electron chi connectivity index (χ1n) is 6.49. The van der Waals surface area contributed by atoms with E-state index in [4.69, 9.17) is 5.73 Å². The Labute approximate surface area is 104 Å². The predicted molar refractivity (Wildman–Crippen MR) is 68.4 cm³/mol. The lowest BCUT2D eigenvalue weighted by Crippen LogP contribution is -2.40. The molecule has 4 N–H and O–H groups in total. The van der Waals surface area contributed by atoms with Crippen LogP contribution in [0.3, 0.4) is 0 Å². The van der Waals surface area contributed by atoms with E-state index in [0.29, 0.717) is 19.0 Å².